The molecule has 7 heteroatoms. The topological polar surface area (TPSA) is 86.6 Å². The number of hydrogen-bond acceptors (Lipinski definition) is 7. The molecule has 5 aliphatic rings. The van der Waals surface area contributed by atoms with E-state index in [0.717, 1.165) is 39.4 Å². The number of rotatable bonds is 5. The van der Waals surface area contributed by atoms with Crippen LogP contribution >= 0.6 is 0 Å². The van der Waals surface area contributed by atoms with Crippen LogP contribution in [0.25, 0.3) is 0 Å². The number of allylic oxidation sites excluding steroid dienone is 6. The van der Waals surface area contributed by atoms with E-state index in [9.17, 15) is 9.59 Å². The van der Waals surface area contributed by atoms with Crippen LogP contribution in [0.3, 0.4) is 0 Å². The van der Waals surface area contributed by atoms with Gasteiger partial charge in [0.1, 0.15) is 0 Å². The van der Waals surface area contributed by atoms with E-state index in [0.29, 0.717) is 49.3 Å². The summed E-state index contributed by atoms with van der Waals surface area (Å²) in [6.45, 7) is 4.22. The Hall–Kier alpha value is -3.32. The van der Waals surface area contributed by atoms with Gasteiger partial charge in [-0.25, -0.2) is 19.6 Å². The lowest BCUT2D eigenvalue weighted by Crippen LogP contribution is -2.27. The molecule has 1 unspecified atom stereocenters. The van der Waals surface area contributed by atoms with Gasteiger partial charge in [0.15, 0.2) is 0 Å². The Kier molecular flexibility index (Phi) is 5.13. The zero-order valence-electron chi connectivity index (χ0n) is 18.4. The zero-order valence-corrected chi connectivity index (χ0v) is 18.4. The number of aliphatic imine (C=N–C) groups is 2. The highest BCUT2D eigenvalue weighted by atomic mass is 16.5. The Morgan fingerprint density at radius 1 is 1.03 bits per heavy atom. The van der Waals surface area contributed by atoms with Crippen LogP contribution in [0.15, 0.2) is 79.1 Å². The molecule has 0 N–H and O–H groups in total. The van der Waals surface area contributed by atoms with Gasteiger partial charge in [-0.3, -0.25) is 0 Å². The monoisotopic (exact) mass is 432 g/mol. The average Bonchev–Trinajstić information content (AvgIpc) is 3.36. The molecule has 0 aromatic heterocycles. The predicted molar refractivity (Wildman–Crippen MR) is 119 cm³/mol. The minimum Gasteiger partial charge on any atom is -0.463 e. The first-order chi connectivity index (χ1) is 15.6. The molecule has 0 saturated heterocycles. The molecular formula is C25H24N2O5. The van der Waals surface area contributed by atoms with Gasteiger partial charge in [-0.2, -0.15) is 0 Å². The van der Waals surface area contributed by atoms with Crippen molar-refractivity contribution in [3.63, 3.8) is 0 Å². The first-order valence-electron chi connectivity index (χ1n) is 10.9. The van der Waals surface area contributed by atoms with E-state index in [1.165, 1.54) is 0 Å². The van der Waals surface area contributed by atoms with E-state index in [1.54, 1.807) is 27.0 Å². The molecule has 164 valence electrons. The number of nitrogens with zero attached hydrogens (tertiary/aromatic N) is 2. The molecule has 0 aromatic rings. The van der Waals surface area contributed by atoms with Crippen LogP contribution in [0.1, 0.15) is 33.1 Å². The summed E-state index contributed by atoms with van der Waals surface area (Å²) < 4.78 is 16.3. The lowest BCUT2D eigenvalue weighted by molar-refractivity contribution is -0.139. The van der Waals surface area contributed by atoms with Crippen molar-refractivity contribution in [2.75, 3.05) is 20.3 Å². The van der Waals surface area contributed by atoms with Crippen molar-refractivity contribution in [1.29, 1.82) is 0 Å². The second-order valence-corrected chi connectivity index (χ2v) is 7.93. The van der Waals surface area contributed by atoms with Crippen LogP contribution in [-0.4, -0.2) is 49.8 Å². The molecule has 32 heavy (non-hydrogen) atoms. The number of carbonyl (C=O) groups excluding carboxylic acids is 2. The van der Waals surface area contributed by atoms with Crippen LogP contribution in [0.4, 0.5) is 0 Å². The van der Waals surface area contributed by atoms with Crippen molar-refractivity contribution >= 4 is 23.4 Å². The fraction of sp³-hybridized carbons (Fsp3) is 0.360. The van der Waals surface area contributed by atoms with Gasteiger partial charge in [0.2, 0.25) is 0 Å². The predicted octanol–water partition coefficient (Wildman–Crippen LogP) is 3.46. The molecule has 3 aliphatic carbocycles. The Morgan fingerprint density at radius 3 is 2.56 bits per heavy atom. The summed E-state index contributed by atoms with van der Waals surface area (Å²) >= 11 is 0. The molecule has 0 fully saturated rings. The quantitative estimate of drug-likeness (QED) is 0.621. The lowest BCUT2D eigenvalue weighted by Gasteiger charge is -2.26. The van der Waals surface area contributed by atoms with Crippen LogP contribution in [0.2, 0.25) is 0 Å². The van der Waals surface area contributed by atoms with Crippen LogP contribution in [0, 0.1) is 0 Å². The minimum absolute atomic E-state index is 0.180. The van der Waals surface area contributed by atoms with Crippen LogP contribution in [0.5, 0.6) is 0 Å². The van der Waals surface area contributed by atoms with Crippen molar-refractivity contribution in [1.82, 2.24) is 0 Å². The molecule has 0 spiro atoms. The summed E-state index contributed by atoms with van der Waals surface area (Å²) in [6, 6.07) is 0. The molecule has 0 amide bonds. The molecule has 0 aromatic carbocycles. The number of hydrogen-bond donors (Lipinski definition) is 0. The smallest absolute Gasteiger partial charge is 0.340 e. The molecule has 0 saturated carbocycles. The van der Waals surface area contributed by atoms with Crippen LogP contribution < -0.4 is 0 Å². The number of fused-ring (bicyclic) bond motifs is 5. The summed E-state index contributed by atoms with van der Waals surface area (Å²) in [7, 11) is 1.69. The Bertz CT molecular complexity index is 1190. The highest BCUT2D eigenvalue weighted by molar-refractivity contribution is 6.25. The van der Waals surface area contributed by atoms with E-state index in [2.05, 4.69) is 0 Å². The molecule has 7 nitrogen and oxygen atoms in total. The molecule has 2 heterocycles. The van der Waals surface area contributed by atoms with E-state index >= 15 is 0 Å². The van der Waals surface area contributed by atoms with Gasteiger partial charge < -0.3 is 14.2 Å². The van der Waals surface area contributed by atoms with Crippen molar-refractivity contribution < 1.29 is 23.8 Å². The number of carbonyl (C=O) groups is 2. The van der Waals surface area contributed by atoms with Gasteiger partial charge in [-0.1, -0.05) is 18.2 Å². The van der Waals surface area contributed by atoms with E-state index < -0.39 is 0 Å². The van der Waals surface area contributed by atoms with Gasteiger partial charge in [0, 0.05) is 36.7 Å². The molecule has 1 atom stereocenters. The first-order valence-corrected chi connectivity index (χ1v) is 10.9. The summed E-state index contributed by atoms with van der Waals surface area (Å²) in [5.74, 6) is -0.687. The van der Waals surface area contributed by atoms with Gasteiger partial charge in [-0.15, -0.1) is 0 Å². The van der Waals surface area contributed by atoms with Gasteiger partial charge in [-0.05, 0) is 37.5 Å². The highest BCUT2D eigenvalue weighted by Crippen LogP contribution is 2.47. The lowest BCUT2D eigenvalue weighted by atomic mass is 9.81. The number of methoxy groups -OCH3 is 1. The molecule has 0 radical (unpaired) electrons. The third-order valence-corrected chi connectivity index (χ3v) is 6.18. The van der Waals surface area contributed by atoms with Gasteiger partial charge >= 0.3 is 11.9 Å². The van der Waals surface area contributed by atoms with E-state index in [1.807, 2.05) is 18.2 Å². The standard InChI is InChI=1S/C25H24N2O5/c1-4-31-24(28)13-9-10-14-17-12-19(30-3)20-15-7-6-8-16(25(29)32-5-2)21(15)27-23(20)22(17)26-18(14)11-13/h6,8-10,19H,4-5,7,11-12H2,1-3H3. The third-order valence-electron chi connectivity index (χ3n) is 6.18. The minimum atomic E-state index is -0.375. The van der Waals surface area contributed by atoms with E-state index in [-0.39, 0.29) is 18.0 Å². The molecular weight excluding hydrogens is 408 g/mol. The fourth-order valence-corrected chi connectivity index (χ4v) is 4.79. The maximum Gasteiger partial charge on any atom is 0.340 e. The van der Waals surface area contributed by atoms with Crippen molar-refractivity contribution in [2.45, 2.75) is 39.2 Å². The Balaban J connectivity index is 1.58. The number of esters is 2. The molecule has 0 bridgehead atoms. The summed E-state index contributed by atoms with van der Waals surface area (Å²) in [5, 5.41) is 0. The normalized spacial score (nSPS) is 23.0. The fourth-order valence-electron chi connectivity index (χ4n) is 4.79. The van der Waals surface area contributed by atoms with E-state index in [4.69, 9.17) is 24.2 Å². The summed E-state index contributed by atoms with van der Waals surface area (Å²) in [6.07, 6.45) is 9.09. The Morgan fingerprint density at radius 2 is 1.81 bits per heavy atom. The van der Waals surface area contributed by atoms with Crippen molar-refractivity contribution in [2.24, 2.45) is 9.98 Å². The second-order valence-electron chi connectivity index (χ2n) is 7.93. The Labute approximate surface area is 186 Å². The molecule has 2 aliphatic heterocycles. The highest BCUT2D eigenvalue weighted by Gasteiger charge is 2.43. The van der Waals surface area contributed by atoms with Crippen molar-refractivity contribution in [3.8, 4) is 0 Å². The van der Waals surface area contributed by atoms with Gasteiger partial charge in [0.25, 0.3) is 0 Å². The van der Waals surface area contributed by atoms with Gasteiger partial charge in [0.05, 0.1) is 47.7 Å². The summed E-state index contributed by atoms with van der Waals surface area (Å²) in [5.41, 5.74) is 8.21. The maximum absolute atomic E-state index is 12.5. The number of ether oxygens (including phenoxy) is 3. The first kappa shape index (κ1) is 20.6. The SMILES string of the molecule is CCOC(=O)C1=CC=C2C(=NC3=C2CC(OC)C2=C4CC=CC(C(=O)OCC)=C4N=C32)C1. The summed E-state index contributed by atoms with van der Waals surface area (Å²) in [4.78, 5) is 34.5. The maximum atomic E-state index is 12.5. The average molecular weight is 432 g/mol. The zero-order chi connectivity index (χ0) is 22.4. The van der Waals surface area contributed by atoms with Crippen LogP contribution in [-0.2, 0) is 23.8 Å². The van der Waals surface area contributed by atoms with Crippen molar-refractivity contribution in [3.05, 3.63) is 69.1 Å². The molecule has 5 rings (SSSR count). The largest absolute Gasteiger partial charge is 0.463 e. The third kappa shape index (κ3) is 3.07. The second kappa shape index (κ2) is 7.98.